The molecule has 7 heteroatoms. The van der Waals surface area contributed by atoms with Gasteiger partial charge in [0, 0.05) is 25.4 Å². The maximum Gasteiger partial charge on any atom is 0.202 e. The van der Waals surface area contributed by atoms with Gasteiger partial charge < -0.3 is 5.73 Å². The molecule has 0 aliphatic rings. The molecule has 0 saturated heterocycles. The van der Waals surface area contributed by atoms with Gasteiger partial charge in [-0.15, -0.1) is 0 Å². The molecule has 3 aromatic heterocycles. The third-order valence-corrected chi connectivity index (χ3v) is 3.89. The van der Waals surface area contributed by atoms with Gasteiger partial charge in [0.05, 0.1) is 17.9 Å². The van der Waals surface area contributed by atoms with Gasteiger partial charge >= 0.3 is 0 Å². The summed E-state index contributed by atoms with van der Waals surface area (Å²) in [5.41, 5.74) is 12.1. The molecule has 0 saturated carbocycles. The van der Waals surface area contributed by atoms with E-state index in [2.05, 4.69) is 22.1 Å². The summed E-state index contributed by atoms with van der Waals surface area (Å²) in [6.45, 7) is 6.68. The van der Waals surface area contributed by atoms with Crippen LogP contribution < -0.4 is 5.73 Å². The molecule has 0 bridgehead atoms. The largest absolute Gasteiger partial charge is 0.369 e. The highest BCUT2D eigenvalue weighted by Crippen LogP contribution is 2.23. The lowest BCUT2D eigenvalue weighted by Gasteiger charge is -2.07. The van der Waals surface area contributed by atoms with Gasteiger partial charge in [0.25, 0.3) is 0 Å². The monoisotopic (exact) mass is 273 g/mol. The second kappa shape index (κ2) is 4.09. The standard InChI is InChI=1S/C13H19N7/c1-7-10(9(3)18(4)16-7)6-20-12-11(15-13(20)14)8(2)17-19(12)5/h6H2,1-5H3,(H2,14,15). The Morgan fingerprint density at radius 1 is 1.00 bits per heavy atom. The number of aryl methyl sites for hydroxylation is 4. The molecule has 20 heavy (non-hydrogen) atoms. The average molecular weight is 273 g/mol. The molecule has 0 spiro atoms. The number of nitrogen functional groups attached to an aromatic ring is 1. The number of nitrogens with zero attached hydrogens (tertiary/aromatic N) is 6. The lowest BCUT2D eigenvalue weighted by atomic mass is 10.2. The van der Waals surface area contributed by atoms with Gasteiger partial charge in [0.1, 0.15) is 5.52 Å². The van der Waals surface area contributed by atoms with E-state index in [1.165, 1.54) is 5.56 Å². The first-order valence-electron chi connectivity index (χ1n) is 6.54. The van der Waals surface area contributed by atoms with Crippen molar-refractivity contribution in [3.8, 4) is 0 Å². The van der Waals surface area contributed by atoms with Gasteiger partial charge in [0.2, 0.25) is 5.95 Å². The highest BCUT2D eigenvalue weighted by molar-refractivity contribution is 5.77. The first kappa shape index (κ1) is 12.7. The van der Waals surface area contributed by atoms with Crippen LogP contribution >= 0.6 is 0 Å². The Balaban J connectivity index is 2.18. The van der Waals surface area contributed by atoms with Crippen LogP contribution in [0.5, 0.6) is 0 Å². The van der Waals surface area contributed by atoms with Crippen molar-refractivity contribution >= 4 is 17.1 Å². The minimum Gasteiger partial charge on any atom is -0.369 e. The van der Waals surface area contributed by atoms with Crippen LogP contribution in [-0.2, 0) is 20.6 Å². The second-order valence-electron chi connectivity index (χ2n) is 5.21. The summed E-state index contributed by atoms with van der Waals surface area (Å²) < 4.78 is 5.71. The van der Waals surface area contributed by atoms with Crippen LogP contribution in [-0.4, -0.2) is 29.1 Å². The highest BCUT2D eigenvalue weighted by atomic mass is 15.3. The molecule has 106 valence electrons. The smallest absolute Gasteiger partial charge is 0.202 e. The molecule has 0 amide bonds. The number of hydrogen-bond acceptors (Lipinski definition) is 4. The van der Waals surface area contributed by atoms with Gasteiger partial charge in [-0.1, -0.05) is 0 Å². The van der Waals surface area contributed by atoms with Crippen molar-refractivity contribution in [2.24, 2.45) is 14.1 Å². The third-order valence-electron chi connectivity index (χ3n) is 3.89. The molecule has 3 rings (SSSR count). The zero-order valence-corrected chi connectivity index (χ0v) is 12.5. The Morgan fingerprint density at radius 2 is 1.65 bits per heavy atom. The van der Waals surface area contributed by atoms with E-state index in [4.69, 9.17) is 5.73 Å². The molecule has 7 nitrogen and oxygen atoms in total. The molecule has 2 N–H and O–H groups in total. The molecular formula is C13H19N7. The maximum absolute atomic E-state index is 6.07. The van der Waals surface area contributed by atoms with Crippen LogP contribution in [0.1, 0.15) is 22.6 Å². The fraction of sp³-hybridized carbons (Fsp3) is 0.462. The fourth-order valence-corrected chi connectivity index (χ4v) is 2.71. The third kappa shape index (κ3) is 1.62. The van der Waals surface area contributed by atoms with Gasteiger partial charge in [0.15, 0.2) is 5.65 Å². The number of anilines is 1. The van der Waals surface area contributed by atoms with Crippen LogP contribution in [0, 0.1) is 20.8 Å². The van der Waals surface area contributed by atoms with E-state index >= 15 is 0 Å². The van der Waals surface area contributed by atoms with Crippen molar-refractivity contribution in [3.05, 3.63) is 22.6 Å². The number of imidazole rings is 1. The molecule has 0 aliphatic carbocycles. The summed E-state index contributed by atoms with van der Waals surface area (Å²) in [5.74, 6) is 0.513. The fourth-order valence-electron chi connectivity index (χ4n) is 2.71. The van der Waals surface area contributed by atoms with Crippen molar-refractivity contribution < 1.29 is 0 Å². The lowest BCUT2D eigenvalue weighted by molar-refractivity contribution is 0.716. The predicted molar refractivity (Wildman–Crippen MR) is 77.4 cm³/mol. The molecule has 0 radical (unpaired) electrons. The average Bonchev–Trinajstić information content (AvgIpc) is 2.92. The number of nitrogens with two attached hydrogens (primary N) is 1. The Hall–Kier alpha value is -2.31. The van der Waals surface area contributed by atoms with E-state index in [0.717, 1.165) is 28.2 Å². The quantitative estimate of drug-likeness (QED) is 0.757. The van der Waals surface area contributed by atoms with Crippen molar-refractivity contribution in [2.75, 3.05) is 5.73 Å². The molecule has 0 aliphatic heterocycles. The second-order valence-corrected chi connectivity index (χ2v) is 5.21. The predicted octanol–water partition coefficient (Wildman–Crippen LogP) is 1.06. The van der Waals surface area contributed by atoms with E-state index in [-0.39, 0.29) is 0 Å². The van der Waals surface area contributed by atoms with E-state index in [1.54, 1.807) is 0 Å². The molecule has 0 aromatic carbocycles. The zero-order valence-electron chi connectivity index (χ0n) is 12.5. The Morgan fingerprint density at radius 3 is 2.25 bits per heavy atom. The Labute approximate surface area is 117 Å². The van der Waals surface area contributed by atoms with Crippen LogP contribution in [0.2, 0.25) is 0 Å². The molecule has 3 aromatic rings. The van der Waals surface area contributed by atoms with Crippen molar-refractivity contribution in [1.82, 2.24) is 29.1 Å². The van der Waals surface area contributed by atoms with Crippen LogP contribution in [0.15, 0.2) is 0 Å². The number of hydrogen-bond donors (Lipinski definition) is 1. The number of aromatic nitrogens is 6. The summed E-state index contributed by atoms with van der Waals surface area (Å²) in [6.07, 6.45) is 0. The topological polar surface area (TPSA) is 79.5 Å². The minimum absolute atomic E-state index is 0.513. The maximum atomic E-state index is 6.07. The van der Waals surface area contributed by atoms with Crippen LogP contribution in [0.25, 0.3) is 11.2 Å². The van der Waals surface area contributed by atoms with Gasteiger partial charge in [-0.3, -0.25) is 13.9 Å². The van der Waals surface area contributed by atoms with Crippen LogP contribution in [0.3, 0.4) is 0 Å². The highest BCUT2D eigenvalue weighted by Gasteiger charge is 2.18. The van der Waals surface area contributed by atoms with E-state index < -0.39 is 0 Å². The summed E-state index contributed by atoms with van der Waals surface area (Å²) >= 11 is 0. The molecule has 0 fully saturated rings. The Bertz CT molecular complexity index is 803. The van der Waals surface area contributed by atoms with Crippen LogP contribution in [0.4, 0.5) is 5.95 Å². The van der Waals surface area contributed by atoms with E-state index in [1.807, 2.05) is 41.9 Å². The molecular weight excluding hydrogens is 254 g/mol. The van der Waals surface area contributed by atoms with Gasteiger partial charge in [-0.25, -0.2) is 4.98 Å². The lowest BCUT2D eigenvalue weighted by Crippen LogP contribution is -2.09. The summed E-state index contributed by atoms with van der Waals surface area (Å²) in [6, 6.07) is 0. The normalized spacial score (nSPS) is 11.7. The van der Waals surface area contributed by atoms with Gasteiger partial charge in [-0.2, -0.15) is 10.2 Å². The zero-order chi connectivity index (χ0) is 14.6. The SMILES string of the molecule is Cc1nn(C)c(C)c1Cn1c(N)nc2c(C)nn(C)c21. The minimum atomic E-state index is 0.513. The number of rotatable bonds is 2. The van der Waals surface area contributed by atoms with Crippen molar-refractivity contribution in [3.63, 3.8) is 0 Å². The van der Waals surface area contributed by atoms with Crippen molar-refractivity contribution in [1.29, 1.82) is 0 Å². The molecule has 0 unspecified atom stereocenters. The van der Waals surface area contributed by atoms with Crippen molar-refractivity contribution in [2.45, 2.75) is 27.3 Å². The van der Waals surface area contributed by atoms with E-state index in [9.17, 15) is 0 Å². The Kier molecular flexibility index (Phi) is 2.60. The molecule has 0 atom stereocenters. The molecule has 3 heterocycles. The van der Waals surface area contributed by atoms with Gasteiger partial charge in [-0.05, 0) is 20.8 Å². The summed E-state index contributed by atoms with van der Waals surface area (Å²) in [7, 11) is 3.86. The van der Waals surface area contributed by atoms with E-state index in [0.29, 0.717) is 12.5 Å². The first-order valence-corrected chi connectivity index (χ1v) is 6.54. The summed E-state index contributed by atoms with van der Waals surface area (Å²) in [5, 5.41) is 8.85. The first-order chi connectivity index (χ1) is 9.40. The number of fused-ring (bicyclic) bond motifs is 1. The summed E-state index contributed by atoms with van der Waals surface area (Å²) in [4.78, 5) is 4.43.